The molecule has 0 radical (unpaired) electrons. The van der Waals surface area contributed by atoms with Crippen LogP contribution in [-0.2, 0) is 0 Å². The molecule has 0 heterocycles. The zero-order chi connectivity index (χ0) is 28.5. The molecular weight excluding hydrogens is 512 g/mol. The van der Waals surface area contributed by atoms with Gasteiger partial charge in [0.2, 0.25) is 0 Å². The summed E-state index contributed by atoms with van der Waals surface area (Å²) in [6.07, 6.45) is 0. The third-order valence-corrected chi connectivity index (χ3v) is 8.09. The van der Waals surface area contributed by atoms with E-state index < -0.39 is 0 Å². The molecule has 2 nitrogen and oxygen atoms in total. The highest BCUT2D eigenvalue weighted by Gasteiger charge is 2.18. The van der Waals surface area contributed by atoms with Gasteiger partial charge in [-0.1, -0.05) is 109 Å². The Labute approximate surface area is 246 Å². The van der Waals surface area contributed by atoms with E-state index in [2.05, 4.69) is 121 Å². The van der Waals surface area contributed by atoms with Gasteiger partial charge in [-0.2, -0.15) is 0 Å². The molecule has 0 unspecified atom stereocenters. The lowest BCUT2D eigenvalue weighted by atomic mass is 9.84. The van der Waals surface area contributed by atoms with Gasteiger partial charge in [0.05, 0.1) is 14.2 Å². The van der Waals surface area contributed by atoms with Crippen LogP contribution in [0.25, 0.3) is 66.1 Å². The first-order valence-electron chi connectivity index (χ1n) is 14.2. The zero-order valence-corrected chi connectivity index (χ0v) is 23.7. The van der Waals surface area contributed by atoms with E-state index in [1.807, 2.05) is 24.3 Å². The molecule has 2 heteroatoms. The molecule has 0 aliphatic heterocycles. The molecular formula is C40H30O2. The van der Waals surface area contributed by atoms with Crippen LogP contribution in [0.5, 0.6) is 11.5 Å². The smallest absolute Gasteiger partial charge is 0.118 e. The van der Waals surface area contributed by atoms with Gasteiger partial charge in [-0.3, -0.25) is 0 Å². The SMILES string of the molecule is COc1ccc(-c2ccc3c(-c4ccccc4)c4ccc(-c5ccc(OC)cc5)cc4c(-c4ccccc4)c3c2)cc1. The first-order chi connectivity index (χ1) is 20.7. The summed E-state index contributed by atoms with van der Waals surface area (Å²) in [5.74, 6) is 1.71. The van der Waals surface area contributed by atoms with Gasteiger partial charge in [0.1, 0.15) is 11.5 Å². The third kappa shape index (κ3) is 4.57. The Hall–Kier alpha value is -5.34. The molecule has 0 aliphatic carbocycles. The quantitative estimate of drug-likeness (QED) is 0.195. The Kier molecular flexibility index (Phi) is 6.65. The first kappa shape index (κ1) is 25.6. The molecule has 0 saturated carbocycles. The molecule has 7 aromatic carbocycles. The van der Waals surface area contributed by atoms with Crippen molar-refractivity contribution >= 4 is 21.5 Å². The second-order valence-corrected chi connectivity index (χ2v) is 10.5. The zero-order valence-electron chi connectivity index (χ0n) is 23.7. The van der Waals surface area contributed by atoms with Crippen LogP contribution in [0.2, 0.25) is 0 Å². The van der Waals surface area contributed by atoms with Crippen LogP contribution < -0.4 is 9.47 Å². The Balaban J connectivity index is 1.58. The lowest BCUT2D eigenvalue weighted by Gasteiger charge is -2.19. The third-order valence-electron chi connectivity index (χ3n) is 8.09. The fourth-order valence-corrected chi connectivity index (χ4v) is 5.99. The molecule has 0 atom stereocenters. The minimum absolute atomic E-state index is 0.855. The summed E-state index contributed by atoms with van der Waals surface area (Å²) in [6, 6.07) is 51.9. The Morgan fingerprint density at radius 2 is 0.667 bits per heavy atom. The van der Waals surface area contributed by atoms with Gasteiger partial charge >= 0.3 is 0 Å². The van der Waals surface area contributed by atoms with E-state index in [0.29, 0.717) is 0 Å². The maximum Gasteiger partial charge on any atom is 0.118 e. The van der Waals surface area contributed by atoms with Crippen molar-refractivity contribution in [2.75, 3.05) is 14.2 Å². The molecule has 7 aromatic rings. The summed E-state index contributed by atoms with van der Waals surface area (Å²) in [5.41, 5.74) is 9.57. The van der Waals surface area contributed by atoms with Gasteiger partial charge in [-0.05, 0) is 102 Å². The molecule has 0 spiro atoms. The van der Waals surface area contributed by atoms with Crippen molar-refractivity contribution in [1.82, 2.24) is 0 Å². The van der Waals surface area contributed by atoms with Crippen molar-refractivity contribution in [3.63, 3.8) is 0 Å². The lowest BCUT2D eigenvalue weighted by Crippen LogP contribution is -1.92. The molecule has 0 amide bonds. The predicted octanol–water partition coefficient (Wildman–Crippen LogP) is 10.7. The van der Waals surface area contributed by atoms with Crippen molar-refractivity contribution in [2.24, 2.45) is 0 Å². The Morgan fingerprint density at radius 3 is 1.05 bits per heavy atom. The van der Waals surface area contributed by atoms with Crippen LogP contribution in [-0.4, -0.2) is 14.2 Å². The Morgan fingerprint density at radius 1 is 0.310 bits per heavy atom. The fraction of sp³-hybridized carbons (Fsp3) is 0.0500. The molecule has 0 fully saturated rings. The van der Waals surface area contributed by atoms with E-state index >= 15 is 0 Å². The van der Waals surface area contributed by atoms with E-state index in [1.54, 1.807) is 14.2 Å². The topological polar surface area (TPSA) is 18.5 Å². The van der Waals surface area contributed by atoms with Gasteiger partial charge < -0.3 is 9.47 Å². The minimum Gasteiger partial charge on any atom is -0.497 e. The van der Waals surface area contributed by atoms with E-state index in [4.69, 9.17) is 9.47 Å². The van der Waals surface area contributed by atoms with Crippen LogP contribution in [0.3, 0.4) is 0 Å². The molecule has 0 N–H and O–H groups in total. The van der Waals surface area contributed by atoms with Crippen molar-refractivity contribution in [3.05, 3.63) is 146 Å². The molecule has 0 saturated heterocycles. The average Bonchev–Trinajstić information content (AvgIpc) is 3.07. The van der Waals surface area contributed by atoms with Crippen molar-refractivity contribution in [3.8, 4) is 56.0 Å². The van der Waals surface area contributed by atoms with Crippen LogP contribution in [0, 0.1) is 0 Å². The molecule has 202 valence electrons. The van der Waals surface area contributed by atoms with Crippen molar-refractivity contribution in [2.45, 2.75) is 0 Å². The van der Waals surface area contributed by atoms with Crippen molar-refractivity contribution in [1.29, 1.82) is 0 Å². The highest BCUT2D eigenvalue weighted by molar-refractivity contribution is 6.22. The number of benzene rings is 7. The number of hydrogen-bond donors (Lipinski definition) is 0. The predicted molar refractivity (Wildman–Crippen MR) is 176 cm³/mol. The van der Waals surface area contributed by atoms with Crippen molar-refractivity contribution < 1.29 is 9.47 Å². The summed E-state index contributed by atoms with van der Waals surface area (Å²) < 4.78 is 10.8. The van der Waals surface area contributed by atoms with Gasteiger partial charge in [0.25, 0.3) is 0 Å². The van der Waals surface area contributed by atoms with Crippen LogP contribution in [0.4, 0.5) is 0 Å². The molecule has 7 rings (SSSR count). The highest BCUT2D eigenvalue weighted by Crippen LogP contribution is 2.46. The van der Waals surface area contributed by atoms with Crippen LogP contribution >= 0.6 is 0 Å². The number of ether oxygens (including phenoxy) is 2. The van der Waals surface area contributed by atoms with Gasteiger partial charge in [0, 0.05) is 0 Å². The van der Waals surface area contributed by atoms with E-state index in [0.717, 1.165) is 22.6 Å². The number of fused-ring (bicyclic) bond motifs is 2. The second kappa shape index (κ2) is 10.9. The number of methoxy groups -OCH3 is 2. The second-order valence-electron chi connectivity index (χ2n) is 10.5. The maximum absolute atomic E-state index is 5.42. The lowest BCUT2D eigenvalue weighted by molar-refractivity contribution is 0.415. The fourth-order valence-electron chi connectivity index (χ4n) is 5.99. The van der Waals surface area contributed by atoms with Gasteiger partial charge in [-0.15, -0.1) is 0 Å². The summed E-state index contributed by atoms with van der Waals surface area (Å²) in [7, 11) is 3.40. The summed E-state index contributed by atoms with van der Waals surface area (Å²) in [5, 5.41) is 4.93. The molecule has 0 aliphatic rings. The van der Waals surface area contributed by atoms with E-state index in [9.17, 15) is 0 Å². The van der Waals surface area contributed by atoms with Crippen LogP contribution in [0.1, 0.15) is 0 Å². The normalized spacial score (nSPS) is 11.1. The monoisotopic (exact) mass is 542 g/mol. The standard InChI is InChI=1S/C40H30O2/c1-41-33-19-13-27(14-20-33)31-17-23-35-37(25-31)40(30-11-7-4-8-12-30)38-26-32(28-15-21-34(42-2)22-16-28)18-24-36(38)39(35)29-9-5-3-6-10-29/h3-26H,1-2H3. The first-order valence-corrected chi connectivity index (χ1v) is 14.2. The van der Waals surface area contributed by atoms with Gasteiger partial charge in [0.15, 0.2) is 0 Å². The van der Waals surface area contributed by atoms with Crippen LogP contribution in [0.15, 0.2) is 146 Å². The van der Waals surface area contributed by atoms with E-state index in [1.165, 1.54) is 54.9 Å². The summed E-state index contributed by atoms with van der Waals surface area (Å²) >= 11 is 0. The maximum atomic E-state index is 5.42. The van der Waals surface area contributed by atoms with Gasteiger partial charge in [-0.25, -0.2) is 0 Å². The highest BCUT2D eigenvalue weighted by atomic mass is 16.5. The summed E-state index contributed by atoms with van der Waals surface area (Å²) in [6.45, 7) is 0. The largest absolute Gasteiger partial charge is 0.497 e. The number of hydrogen-bond acceptors (Lipinski definition) is 2. The van der Waals surface area contributed by atoms with E-state index in [-0.39, 0.29) is 0 Å². The molecule has 0 aromatic heterocycles. The minimum atomic E-state index is 0.855. The molecule has 0 bridgehead atoms. The Bertz CT molecular complexity index is 1900. The average molecular weight is 543 g/mol. The molecule has 42 heavy (non-hydrogen) atoms. The summed E-state index contributed by atoms with van der Waals surface area (Å²) in [4.78, 5) is 0. The number of rotatable bonds is 6.